The number of aromatic nitrogens is 4. The summed E-state index contributed by atoms with van der Waals surface area (Å²) in [7, 11) is 1.93. The highest BCUT2D eigenvalue weighted by Gasteiger charge is 2.37. The van der Waals surface area contributed by atoms with Crippen LogP contribution in [0, 0.1) is 0 Å². The topological polar surface area (TPSA) is 79.3 Å². The summed E-state index contributed by atoms with van der Waals surface area (Å²) in [4.78, 5) is 10.4. The number of benzene rings is 1. The quantitative estimate of drug-likeness (QED) is 0.448. The van der Waals surface area contributed by atoms with Gasteiger partial charge in [-0.05, 0) is 42.8 Å². The summed E-state index contributed by atoms with van der Waals surface area (Å²) in [6.45, 7) is 9.33. The fourth-order valence-electron chi connectivity index (χ4n) is 4.41. The molecule has 10 heteroatoms. The zero-order chi connectivity index (χ0) is 25.2. The average Bonchev–Trinajstić information content (AvgIpc) is 3.33. The Hall–Kier alpha value is -3.69. The van der Waals surface area contributed by atoms with Gasteiger partial charge in [-0.3, -0.25) is 15.1 Å². The number of ether oxygens (including phenoxy) is 1. The number of aromatic amines is 1. The van der Waals surface area contributed by atoms with Gasteiger partial charge in [-0.1, -0.05) is 31.2 Å². The molecule has 3 aromatic rings. The standard InChI is InChI=1S/C25H27F3N6O/c1-15(2)18-6-5-7-21-22(18)17(9-11-35-21)13-34(4)14-20(29-3)19-12-16(8-10-30-19)23-24(25(26,27)28)32-33-31-23/h5-8,10,12,14-15,17H,3,9,11,13H2,1-2,4H3,(H,31,32,33)/b20-14-/t17-/m0/s1. The van der Waals surface area contributed by atoms with Crippen molar-refractivity contribution in [2.45, 2.75) is 38.3 Å². The lowest BCUT2D eigenvalue weighted by Gasteiger charge is -2.32. The van der Waals surface area contributed by atoms with Crippen molar-refractivity contribution >= 4 is 12.4 Å². The van der Waals surface area contributed by atoms with E-state index in [-0.39, 0.29) is 17.2 Å². The van der Waals surface area contributed by atoms with Crippen LogP contribution >= 0.6 is 0 Å². The summed E-state index contributed by atoms with van der Waals surface area (Å²) in [5.74, 6) is 1.55. The molecule has 7 nitrogen and oxygen atoms in total. The van der Waals surface area contributed by atoms with Gasteiger partial charge in [0, 0.05) is 43.0 Å². The van der Waals surface area contributed by atoms with Crippen LogP contribution in [0.1, 0.15) is 54.6 Å². The highest BCUT2D eigenvalue weighted by atomic mass is 19.4. The molecular formula is C25H27F3N6O. The van der Waals surface area contributed by atoms with Gasteiger partial charge in [-0.25, -0.2) is 0 Å². The molecule has 1 N–H and O–H groups in total. The summed E-state index contributed by atoms with van der Waals surface area (Å²) in [6, 6.07) is 9.13. The number of pyridine rings is 1. The van der Waals surface area contributed by atoms with Crippen molar-refractivity contribution in [2.24, 2.45) is 4.99 Å². The van der Waals surface area contributed by atoms with Crippen molar-refractivity contribution < 1.29 is 17.9 Å². The fourth-order valence-corrected chi connectivity index (χ4v) is 4.41. The van der Waals surface area contributed by atoms with E-state index in [1.54, 1.807) is 6.20 Å². The second-order valence-corrected chi connectivity index (χ2v) is 8.82. The van der Waals surface area contributed by atoms with E-state index in [1.165, 1.54) is 29.5 Å². The smallest absolute Gasteiger partial charge is 0.435 e. The lowest BCUT2D eigenvalue weighted by molar-refractivity contribution is -0.140. The van der Waals surface area contributed by atoms with Crippen LogP contribution in [0.4, 0.5) is 13.2 Å². The molecule has 0 amide bonds. The number of alkyl halides is 3. The summed E-state index contributed by atoms with van der Waals surface area (Å²) in [6.07, 6.45) is -0.500. The third kappa shape index (κ3) is 5.21. The van der Waals surface area contributed by atoms with Gasteiger partial charge in [0.25, 0.3) is 0 Å². The molecule has 3 heterocycles. The number of halogens is 3. The van der Waals surface area contributed by atoms with E-state index in [0.29, 0.717) is 30.5 Å². The number of aliphatic imine (C=N–C) groups is 1. The molecule has 2 aromatic heterocycles. The van der Waals surface area contributed by atoms with E-state index in [9.17, 15) is 13.2 Å². The average molecular weight is 485 g/mol. The minimum atomic E-state index is -4.60. The molecule has 1 aromatic carbocycles. The first-order valence-corrected chi connectivity index (χ1v) is 11.3. The molecule has 4 rings (SSSR count). The number of hydrogen-bond acceptors (Lipinski definition) is 6. The van der Waals surface area contributed by atoms with Crippen LogP contribution in [-0.2, 0) is 6.18 Å². The first-order valence-electron chi connectivity index (χ1n) is 11.3. The van der Waals surface area contributed by atoms with E-state index in [2.05, 4.69) is 46.9 Å². The molecule has 35 heavy (non-hydrogen) atoms. The Kier molecular flexibility index (Phi) is 6.90. The van der Waals surface area contributed by atoms with Crippen LogP contribution in [0.15, 0.2) is 47.7 Å². The van der Waals surface area contributed by atoms with Crippen LogP contribution < -0.4 is 4.74 Å². The van der Waals surface area contributed by atoms with Gasteiger partial charge >= 0.3 is 6.18 Å². The lowest BCUT2D eigenvalue weighted by Crippen LogP contribution is -2.26. The van der Waals surface area contributed by atoms with Gasteiger partial charge in [-0.15, -0.1) is 5.10 Å². The van der Waals surface area contributed by atoms with Gasteiger partial charge in [0.2, 0.25) is 0 Å². The maximum atomic E-state index is 13.3. The first kappa shape index (κ1) is 24.4. The molecule has 1 atom stereocenters. The predicted octanol–water partition coefficient (Wildman–Crippen LogP) is 5.51. The minimum absolute atomic E-state index is 0.230. The maximum Gasteiger partial charge on any atom is 0.435 e. The van der Waals surface area contributed by atoms with Gasteiger partial charge in [-0.2, -0.15) is 13.2 Å². The van der Waals surface area contributed by atoms with E-state index in [0.717, 1.165) is 12.2 Å². The van der Waals surface area contributed by atoms with Crippen molar-refractivity contribution in [2.75, 3.05) is 20.2 Å². The molecule has 0 aliphatic carbocycles. The molecule has 0 saturated carbocycles. The second kappa shape index (κ2) is 9.89. The normalized spacial score (nSPS) is 16.1. The van der Waals surface area contributed by atoms with Crippen molar-refractivity contribution in [3.63, 3.8) is 0 Å². The first-order chi connectivity index (χ1) is 16.7. The van der Waals surface area contributed by atoms with Gasteiger partial charge in [0.05, 0.1) is 12.3 Å². The molecule has 184 valence electrons. The van der Waals surface area contributed by atoms with Crippen molar-refractivity contribution in [1.29, 1.82) is 0 Å². The van der Waals surface area contributed by atoms with E-state index < -0.39 is 11.9 Å². The lowest BCUT2D eigenvalue weighted by atomic mass is 9.85. The Morgan fingerprint density at radius 3 is 2.86 bits per heavy atom. The van der Waals surface area contributed by atoms with Crippen LogP contribution in [-0.4, -0.2) is 52.2 Å². The van der Waals surface area contributed by atoms with Crippen LogP contribution in [0.3, 0.4) is 0 Å². The molecule has 0 saturated heterocycles. The predicted molar refractivity (Wildman–Crippen MR) is 128 cm³/mol. The number of H-pyrrole nitrogens is 1. The van der Waals surface area contributed by atoms with Gasteiger partial charge in [0.1, 0.15) is 17.1 Å². The summed E-state index contributed by atoms with van der Waals surface area (Å²) < 4.78 is 45.8. The molecule has 0 unspecified atom stereocenters. The SMILES string of the molecule is C=N/C(=C\N(C)C[C@@H]1CCOc2cccc(C(C)C)c21)c1cc(-c2nn[nH]c2C(F)(F)F)ccn1. The Labute approximate surface area is 201 Å². The number of likely N-dealkylation sites (N-methyl/N-ethyl adjacent to an activating group) is 1. The number of rotatable bonds is 7. The Balaban J connectivity index is 1.60. The molecule has 0 bridgehead atoms. The number of hydrogen-bond donors (Lipinski definition) is 1. The zero-order valence-electron chi connectivity index (χ0n) is 19.8. The van der Waals surface area contributed by atoms with E-state index >= 15 is 0 Å². The van der Waals surface area contributed by atoms with Gasteiger partial charge in [0.15, 0.2) is 5.69 Å². The van der Waals surface area contributed by atoms with E-state index in [1.807, 2.05) is 29.2 Å². The van der Waals surface area contributed by atoms with E-state index in [4.69, 9.17) is 4.74 Å². The Morgan fingerprint density at radius 2 is 2.14 bits per heavy atom. The highest BCUT2D eigenvalue weighted by molar-refractivity contribution is 5.70. The fraction of sp³-hybridized carbons (Fsp3) is 0.360. The number of fused-ring (bicyclic) bond motifs is 1. The summed E-state index contributed by atoms with van der Waals surface area (Å²) >= 11 is 0. The third-order valence-corrected chi connectivity index (χ3v) is 6.00. The highest BCUT2D eigenvalue weighted by Crippen LogP contribution is 2.39. The van der Waals surface area contributed by atoms with Crippen LogP contribution in [0.2, 0.25) is 0 Å². The molecule has 0 spiro atoms. The van der Waals surface area contributed by atoms with Crippen LogP contribution in [0.5, 0.6) is 5.75 Å². The third-order valence-electron chi connectivity index (χ3n) is 6.00. The summed E-state index contributed by atoms with van der Waals surface area (Å²) in [5.41, 5.74) is 2.25. The number of nitrogens with one attached hydrogen (secondary N) is 1. The Bertz CT molecular complexity index is 1230. The zero-order valence-corrected chi connectivity index (χ0v) is 19.8. The molecule has 1 aliphatic heterocycles. The summed E-state index contributed by atoms with van der Waals surface area (Å²) in [5, 5.41) is 8.88. The monoisotopic (exact) mass is 484 g/mol. The second-order valence-electron chi connectivity index (χ2n) is 8.82. The minimum Gasteiger partial charge on any atom is -0.493 e. The van der Waals surface area contributed by atoms with Gasteiger partial charge < -0.3 is 9.64 Å². The van der Waals surface area contributed by atoms with Crippen LogP contribution in [0.25, 0.3) is 17.0 Å². The molecule has 1 aliphatic rings. The molecule has 0 radical (unpaired) electrons. The molecule has 0 fully saturated rings. The van der Waals surface area contributed by atoms with Crippen molar-refractivity contribution in [3.05, 3.63) is 65.2 Å². The van der Waals surface area contributed by atoms with Crippen molar-refractivity contribution in [3.8, 4) is 17.0 Å². The largest absolute Gasteiger partial charge is 0.493 e. The number of nitrogens with zero attached hydrogens (tertiary/aromatic N) is 5. The maximum absolute atomic E-state index is 13.3. The molecular weight excluding hydrogens is 457 g/mol. The van der Waals surface area contributed by atoms with Crippen molar-refractivity contribution in [1.82, 2.24) is 25.3 Å². The Morgan fingerprint density at radius 1 is 1.34 bits per heavy atom.